The fourth-order valence-electron chi connectivity index (χ4n) is 1.41. The first kappa shape index (κ1) is 12.7. The van der Waals surface area contributed by atoms with Gasteiger partial charge in [-0.05, 0) is 36.8 Å². The average Bonchev–Trinajstić information content (AvgIpc) is 2.27. The lowest BCUT2D eigenvalue weighted by Gasteiger charge is -2.07. The van der Waals surface area contributed by atoms with Crippen molar-refractivity contribution in [3.8, 4) is 0 Å². The molecule has 1 N–H and O–H groups in total. The molecule has 0 bridgehead atoms. The molecular formula is C12H18ClNS. The SMILES string of the molecule is CSCCNc1cccc(CCCCl)c1. The Bertz CT molecular complexity index is 278. The molecule has 0 atom stereocenters. The molecule has 0 fully saturated rings. The highest BCUT2D eigenvalue weighted by Gasteiger charge is 1.95. The summed E-state index contributed by atoms with van der Waals surface area (Å²) in [5, 5.41) is 3.41. The minimum absolute atomic E-state index is 0.740. The van der Waals surface area contributed by atoms with Crippen LogP contribution in [0.15, 0.2) is 24.3 Å². The maximum Gasteiger partial charge on any atom is 0.0343 e. The molecule has 0 aromatic heterocycles. The van der Waals surface area contributed by atoms with E-state index in [-0.39, 0.29) is 0 Å². The number of thioether (sulfide) groups is 1. The van der Waals surface area contributed by atoms with Gasteiger partial charge in [-0.25, -0.2) is 0 Å². The summed E-state index contributed by atoms with van der Waals surface area (Å²) >= 11 is 7.53. The molecule has 3 heteroatoms. The minimum Gasteiger partial charge on any atom is -0.384 e. The van der Waals surface area contributed by atoms with Crippen molar-refractivity contribution >= 4 is 29.1 Å². The first-order valence-corrected chi connectivity index (χ1v) is 7.17. The van der Waals surface area contributed by atoms with Crippen molar-refractivity contribution in [3.05, 3.63) is 29.8 Å². The zero-order valence-electron chi connectivity index (χ0n) is 9.13. The molecule has 1 aromatic rings. The summed E-state index contributed by atoms with van der Waals surface area (Å²) in [7, 11) is 0. The topological polar surface area (TPSA) is 12.0 Å². The third-order valence-electron chi connectivity index (χ3n) is 2.16. The van der Waals surface area contributed by atoms with Gasteiger partial charge in [-0.15, -0.1) is 11.6 Å². The van der Waals surface area contributed by atoms with Crippen molar-refractivity contribution in [1.29, 1.82) is 0 Å². The zero-order chi connectivity index (χ0) is 10.9. The molecule has 1 aromatic carbocycles. The Labute approximate surface area is 102 Å². The molecule has 1 nitrogen and oxygen atoms in total. The third kappa shape index (κ3) is 5.33. The van der Waals surface area contributed by atoms with Crippen molar-refractivity contribution in [1.82, 2.24) is 0 Å². The summed E-state index contributed by atoms with van der Waals surface area (Å²) in [4.78, 5) is 0. The van der Waals surface area contributed by atoms with Crippen LogP contribution >= 0.6 is 23.4 Å². The Kier molecular flexibility index (Phi) is 6.69. The monoisotopic (exact) mass is 243 g/mol. The lowest BCUT2D eigenvalue weighted by atomic mass is 10.1. The largest absolute Gasteiger partial charge is 0.384 e. The number of benzene rings is 1. The van der Waals surface area contributed by atoms with E-state index in [9.17, 15) is 0 Å². The highest BCUT2D eigenvalue weighted by molar-refractivity contribution is 7.98. The molecule has 1 rings (SSSR count). The van der Waals surface area contributed by atoms with Gasteiger partial charge in [-0.2, -0.15) is 11.8 Å². The van der Waals surface area contributed by atoms with E-state index in [0.29, 0.717) is 0 Å². The molecule has 0 aliphatic rings. The predicted octanol–water partition coefficient (Wildman–Crippen LogP) is 3.63. The standard InChI is InChI=1S/C12H18ClNS/c1-15-9-8-14-12-6-2-4-11(10-12)5-3-7-13/h2,4,6,10,14H,3,5,7-9H2,1H3. The molecule has 0 saturated carbocycles. The van der Waals surface area contributed by atoms with Crippen LogP contribution < -0.4 is 5.32 Å². The lowest BCUT2D eigenvalue weighted by Crippen LogP contribution is -2.03. The summed E-state index contributed by atoms with van der Waals surface area (Å²) in [5.74, 6) is 1.88. The van der Waals surface area contributed by atoms with Crippen molar-refractivity contribution in [2.24, 2.45) is 0 Å². The second kappa shape index (κ2) is 7.89. The van der Waals surface area contributed by atoms with E-state index in [1.807, 2.05) is 11.8 Å². The van der Waals surface area contributed by atoms with E-state index in [1.54, 1.807) is 0 Å². The van der Waals surface area contributed by atoms with Gasteiger partial charge in [0.05, 0.1) is 0 Å². The normalized spacial score (nSPS) is 10.3. The number of rotatable bonds is 7. The van der Waals surface area contributed by atoms with E-state index < -0.39 is 0 Å². The summed E-state index contributed by atoms with van der Waals surface area (Å²) in [6, 6.07) is 8.59. The second-order valence-electron chi connectivity index (χ2n) is 3.41. The van der Waals surface area contributed by atoms with Gasteiger partial charge in [0.15, 0.2) is 0 Å². The number of anilines is 1. The van der Waals surface area contributed by atoms with E-state index >= 15 is 0 Å². The molecular weight excluding hydrogens is 226 g/mol. The third-order valence-corrected chi connectivity index (χ3v) is 3.04. The summed E-state index contributed by atoms with van der Waals surface area (Å²) in [6.45, 7) is 1.03. The molecule has 0 unspecified atom stereocenters. The molecule has 0 saturated heterocycles. The maximum absolute atomic E-state index is 5.68. The fraction of sp³-hybridized carbons (Fsp3) is 0.500. The predicted molar refractivity (Wildman–Crippen MR) is 72.4 cm³/mol. The summed E-state index contributed by atoms with van der Waals surface area (Å²) < 4.78 is 0. The van der Waals surface area contributed by atoms with Gasteiger partial charge in [0, 0.05) is 23.9 Å². The van der Waals surface area contributed by atoms with Crippen molar-refractivity contribution < 1.29 is 0 Å². The Morgan fingerprint density at radius 3 is 3.00 bits per heavy atom. The highest BCUT2D eigenvalue weighted by atomic mass is 35.5. The number of hydrogen-bond donors (Lipinski definition) is 1. The van der Waals surface area contributed by atoms with Crippen LogP contribution in [0.1, 0.15) is 12.0 Å². The Morgan fingerprint density at radius 1 is 1.40 bits per heavy atom. The van der Waals surface area contributed by atoms with Crippen molar-refractivity contribution in [3.63, 3.8) is 0 Å². The first-order valence-electron chi connectivity index (χ1n) is 5.24. The van der Waals surface area contributed by atoms with Crippen LogP contribution in [0.4, 0.5) is 5.69 Å². The van der Waals surface area contributed by atoms with E-state index in [1.165, 1.54) is 11.3 Å². The van der Waals surface area contributed by atoms with Gasteiger partial charge >= 0.3 is 0 Å². The maximum atomic E-state index is 5.68. The molecule has 0 aliphatic heterocycles. The number of hydrogen-bond acceptors (Lipinski definition) is 2. The molecule has 0 spiro atoms. The van der Waals surface area contributed by atoms with Crippen LogP contribution in [0.3, 0.4) is 0 Å². The van der Waals surface area contributed by atoms with Gasteiger partial charge in [-0.3, -0.25) is 0 Å². The van der Waals surface area contributed by atoms with Crippen LogP contribution in [0.25, 0.3) is 0 Å². The van der Waals surface area contributed by atoms with E-state index in [2.05, 4.69) is 35.8 Å². The average molecular weight is 244 g/mol. The second-order valence-corrected chi connectivity index (χ2v) is 4.78. The Hall–Kier alpha value is -0.340. The Balaban J connectivity index is 2.42. The van der Waals surface area contributed by atoms with Gasteiger partial charge in [0.1, 0.15) is 0 Å². The van der Waals surface area contributed by atoms with Crippen LogP contribution in [0, 0.1) is 0 Å². The van der Waals surface area contributed by atoms with Gasteiger partial charge in [0.25, 0.3) is 0 Å². The molecule has 0 heterocycles. The van der Waals surface area contributed by atoms with Crippen molar-refractivity contribution in [2.75, 3.05) is 29.8 Å². The Morgan fingerprint density at radius 2 is 2.27 bits per heavy atom. The number of alkyl halides is 1. The lowest BCUT2D eigenvalue weighted by molar-refractivity contribution is 0.929. The van der Waals surface area contributed by atoms with Gasteiger partial charge < -0.3 is 5.32 Å². The number of halogens is 1. The quantitative estimate of drug-likeness (QED) is 0.580. The highest BCUT2D eigenvalue weighted by Crippen LogP contribution is 2.12. The van der Waals surface area contributed by atoms with Crippen LogP contribution in [0.2, 0.25) is 0 Å². The summed E-state index contributed by atoms with van der Waals surface area (Å²) in [6.07, 6.45) is 4.25. The number of nitrogens with one attached hydrogen (secondary N) is 1. The van der Waals surface area contributed by atoms with E-state index in [0.717, 1.165) is 31.0 Å². The molecule has 0 radical (unpaired) electrons. The van der Waals surface area contributed by atoms with Gasteiger partial charge in [-0.1, -0.05) is 12.1 Å². The van der Waals surface area contributed by atoms with Crippen LogP contribution in [-0.4, -0.2) is 24.4 Å². The minimum atomic E-state index is 0.740. The smallest absolute Gasteiger partial charge is 0.0343 e. The fourth-order valence-corrected chi connectivity index (χ4v) is 1.84. The summed E-state index contributed by atoms with van der Waals surface area (Å²) in [5.41, 5.74) is 2.58. The number of aryl methyl sites for hydroxylation is 1. The zero-order valence-corrected chi connectivity index (χ0v) is 10.7. The van der Waals surface area contributed by atoms with Crippen molar-refractivity contribution in [2.45, 2.75) is 12.8 Å². The molecule has 0 amide bonds. The van der Waals surface area contributed by atoms with Crippen LogP contribution in [0.5, 0.6) is 0 Å². The van der Waals surface area contributed by atoms with Gasteiger partial charge in [0.2, 0.25) is 0 Å². The first-order chi connectivity index (χ1) is 7.36. The molecule has 84 valence electrons. The van der Waals surface area contributed by atoms with E-state index in [4.69, 9.17) is 11.6 Å². The molecule has 0 aliphatic carbocycles. The van der Waals surface area contributed by atoms with Crippen LogP contribution in [-0.2, 0) is 6.42 Å². The molecule has 15 heavy (non-hydrogen) atoms.